The molecule has 0 spiro atoms. The fraction of sp³-hybridized carbons (Fsp3) is 1.00. The number of piperidine rings is 1. The quantitative estimate of drug-likeness (QED) is 0.812. The minimum Gasteiger partial charge on any atom is -0.378 e. The second kappa shape index (κ2) is 8.50. The highest BCUT2D eigenvalue weighted by Gasteiger charge is 2.29. The predicted octanol–water partition coefficient (Wildman–Crippen LogP) is 3.43. The molecule has 0 aliphatic carbocycles. The molecule has 2 fully saturated rings. The first-order valence-corrected chi connectivity index (χ1v) is 9.25. The van der Waals surface area contributed by atoms with Gasteiger partial charge in [0, 0.05) is 24.7 Å². The Hall–Kier alpha value is -0.120. The van der Waals surface area contributed by atoms with E-state index in [2.05, 4.69) is 37.9 Å². The molecular formula is C18H36N2O. The fourth-order valence-corrected chi connectivity index (χ4v) is 4.04. The first-order chi connectivity index (χ1) is 10.1. The molecule has 2 heterocycles. The van der Waals surface area contributed by atoms with Crippen LogP contribution in [0.4, 0.5) is 0 Å². The summed E-state index contributed by atoms with van der Waals surface area (Å²) in [5.41, 5.74) is 0. The van der Waals surface area contributed by atoms with Gasteiger partial charge in [0.25, 0.3) is 0 Å². The van der Waals surface area contributed by atoms with E-state index in [0.29, 0.717) is 18.2 Å². The Morgan fingerprint density at radius 2 is 1.71 bits per heavy atom. The Morgan fingerprint density at radius 3 is 2.29 bits per heavy atom. The number of nitrogens with zero attached hydrogens (tertiary/aromatic N) is 1. The van der Waals surface area contributed by atoms with Gasteiger partial charge >= 0.3 is 0 Å². The Labute approximate surface area is 131 Å². The zero-order valence-electron chi connectivity index (χ0n) is 14.6. The van der Waals surface area contributed by atoms with Crippen molar-refractivity contribution in [2.45, 2.75) is 90.4 Å². The molecule has 0 unspecified atom stereocenters. The first kappa shape index (κ1) is 17.2. The van der Waals surface area contributed by atoms with E-state index in [9.17, 15) is 0 Å². The lowest BCUT2D eigenvalue weighted by Gasteiger charge is -2.39. The molecule has 3 nitrogen and oxygen atoms in total. The maximum absolute atomic E-state index is 6.04. The number of hydrogen-bond donors (Lipinski definition) is 1. The molecule has 0 saturated carbocycles. The van der Waals surface area contributed by atoms with Crippen LogP contribution in [0.3, 0.4) is 0 Å². The van der Waals surface area contributed by atoms with Crippen molar-refractivity contribution in [1.29, 1.82) is 0 Å². The maximum Gasteiger partial charge on any atom is 0.0617 e. The zero-order valence-corrected chi connectivity index (χ0v) is 14.6. The molecule has 2 atom stereocenters. The summed E-state index contributed by atoms with van der Waals surface area (Å²) in [5, 5.41) is 3.94. The molecule has 0 aromatic carbocycles. The fourth-order valence-electron chi connectivity index (χ4n) is 4.04. The van der Waals surface area contributed by atoms with Gasteiger partial charge in [0.2, 0.25) is 0 Å². The van der Waals surface area contributed by atoms with Crippen molar-refractivity contribution in [3.8, 4) is 0 Å². The Balaban J connectivity index is 1.75. The lowest BCUT2D eigenvalue weighted by molar-refractivity contribution is -0.0373. The van der Waals surface area contributed by atoms with Crippen LogP contribution in [-0.4, -0.2) is 48.8 Å². The summed E-state index contributed by atoms with van der Waals surface area (Å²) < 4.78 is 6.04. The van der Waals surface area contributed by atoms with E-state index in [1.807, 2.05) is 0 Å². The van der Waals surface area contributed by atoms with Gasteiger partial charge in [-0.3, -0.25) is 0 Å². The summed E-state index contributed by atoms with van der Waals surface area (Å²) in [4.78, 5) is 2.61. The number of nitrogens with one attached hydrogen (secondary N) is 1. The third kappa shape index (κ3) is 4.94. The lowest BCUT2D eigenvalue weighted by Crippen LogP contribution is -2.50. The van der Waals surface area contributed by atoms with Gasteiger partial charge in [0.05, 0.1) is 6.10 Å². The number of hydrogen-bond acceptors (Lipinski definition) is 3. The van der Waals surface area contributed by atoms with Crippen molar-refractivity contribution < 1.29 is 4.74 Å². The van der Waals surface area contributed by atoms with E-state index in [4.69, 9.17) is 4.74 Å². The van der Waals surface area contributed by atoms with Gasteiger partial charge in [-0.05, 0) is 58.5 Å². The van der Waals surface area contributed by atoms with Crippen LogP contribution in [0.15, 0.2) is 0 Å². The van der Waals surface area contributed by atoms with E-state index >= 15 is 0 Å². The van der Waals surface area contributed by atoms with Crippen molar-refractivity contribution in [2.75, 3.05) is 19.7 Å². The molecule has 0 bridgehead atoms. The van der Waals surface area contributed by atoms with E-state index in [1.165, 1.54) is 51.6 Å². The Morgan fingerprint density at radius 1 is 1.05 bits per heavy atom. The van der Waals surface area contributed by atoms with Crippen LogP contribution in [-0.2, 0) is 4.74 Å². The van der Waals surface area contributed by atoms with Gasteiger partial charge in [0.1, 0.15) is 0 Å². The monoisotopic (exact) mass is 296 g/mol. The summed E-state index contributed by atoms with van der Waals surface area (Å²) in [6.07, 6.45) is 8.03. The van der Waals surface area contributed by atoms with Gasteiger partial charge in [-0.15, -0.1) is 0 Å². The minimum absolute atomic E-state index is 0.488. The maximum atomic E-state index is 6.04. The third-order valence-electron chi connectivity index (χ3n) is 5.62. The zero-order chi connectivity index (χ0) is 15.2. The lowest BCUT2D eigenvalue weighted by atomic mass is 9.88. The summed E-state index contributed by atoms with van der Waals surface area (Å²) in [6, 6.07) is 2.11. The molecule has 2 saturated heterocycles. The van der Waals surface area contributed by atoms with Gasteiger partial charge in [-0.25, -0.2) is 0 Å². The predicted molar refractivity (Wildman–Crippen MR) is 89.7 cm³/mol. The van der Waals surface area contributed by atoms with Crippen LogP contribution >= 0.6 is 0 Å². The summed E-state index contributed by atoms with van der Waals surface area (Å²) >= 11 is 0. The van der Waals surface area contributed by atoms with Crippen molar-refractivity contribution in [3.63, 3.8) is 0 Å². The molecular weight excluding hydrogens is 260 g/mol. The van der Waals surface area contributed by atoms with Crippen LogP contribution in [0.2, 0.25) is 0 Å². The molecule has 0 aromatic heterocycles. The normalized spacial score (nSPS) is 29.4. The van der Waals surface area contributed by atoms with Gasteiger partial charge < -0.3 is 15.0 Å². The van der Waals surface area contributed by atoms with Crippen molar-refractivity contribution >= 4 is 0 Å². The highest BCUT2D eigenvalue weighted by atomic mass is 16.5. The molecule has 0 radical (unpaired) electrons. The summed E-state index contributed by atoms with van der Waals surface area (Å²) in [5.74, 6) is 0.748. The molecule has 2 aliphatic rings. The Bertz CT molecular complexity index is 283. The van der Waals surface area contributed by atoms with Crippen LogP contribution in [0.25, 0.3) is 0 Å². The average molecular weight is 296 g/mol. The largest absolute Gasteiger partial charge is 0.378 e. The van der Waals surface area contributed by atoms with Gasteiger partial charge in [0.15, 0.2) is 0 Å². The second-order valence-electron chi connectivity index (χ2n) is 7.28. The van der Waals surface area contributed by atoms with E-state index < -0.39 is 0 Å². The average Bonchev–Trinajstić information content (AvgIpc) is 2.49. The summed E-state index contributed by atoms with van der Waals surface area (Å²) in [6.45, 7) is 12.7. The number of ether oxygens (including phenoxy) is 1. The third-order valence-corrected chi connectivity index (χ3v) is 5.62. The van der Waals surface area contributed by atoms with Crippen molar-refractivity contribution in [2.24, 2.45) is 5.92 Å². The Kier molecular flexibility index (Phi) is 6.97. The highest BCUT2D eigenvalue weighted by molar-refractivity contribution is 4.86. The van der Waals surface area contributed by atoms with E-state index in [1.54, 1.807) is 0 Å². The van der Waals surface area contributed by atoms with Gasteiger partial charge in [-0.2, -0.15) is 0 Å². The molecule has 2 aliphatic heterocycles. The number of rotatable bonds is 6. The van der Waals surface area contributed by atoms with Gasteiger partial charge in [-0.1, -0.05) is 26.7 Å². The van der Waals surface area contributed by atoms with Crippen LogP contribution < -0.4 is 5.32 Å². The van der Waals surface area contributed by atoms with Crippen LogP contribution in [0, 0.1) is 5.92 Å². The topological polar surface area (TPSA) is 24.5 Å². The van der Waals surface area contributed by atoms with Crippen molar-refractivity contribution in [1.82, 2.24) is 10.2 Å². The molecule has 3 heteroatoms. The van der Waals surface area contributed by atoms with E-state index in [0.717, 1.165) is 18.6 Å². The second-order valence-corrected chi connectivity index (χ2v) is 7.28. The molecule has 21 heavy (non-hydrogen) atoms. The smallest absolute Gasteiger partial charge is 0.0617 e. The number of likely N-dealkylation sites (tertiary alicyclic amines) is 1. The molecule has 2 rings (SSSR count). The van der Waals surface area contributed by atoms with Crippen LogP contribution in [0.5, 0.6) is 0 Å². The first-order valence-electron chi connectivity index (χ1n) is 9.25. The van der Waals surface area contributed by atoms with E-state index in [-0.39, 0.29) is 0 Å². The minimum atomic E-state index is 0.488. The van der Waals surface area contributed by atoms with Crippen LogP contribution in [0.1, 0.15) is 66.2 Å². The molecule has 0 amide bonds. The molecule has 124 valence electrons. The highest BCUT2D eigenvalue weighted by Crippen LogP contribution is 2.26. The molecule has 1 N–H and O–H groups in total. The molecule has 0 aromatic rings. The SMILES string of the molecule is CCC(CC)[C@@H]1C[C@@H](NC2CCN(C(C)C)CC2)CCO1. The van der Waals surface area contributed by atoms with Crippen molar-refractivity contribution in [3.05, 3.63) is 0 Å². The summed E-state index contributed by atoms with van der Waals surface area (Å²) in [7, 11) is 0. The standard InChI is InChI=1S/C18H36N2O/c1-5-15(6-2)18-13-17(9-12-21-18)19-16-7-10-20(11-8-16)14(3)4/h14-19H,5-13H2,1-4H3/t17-,18-/m0/s1.